The van der Waals surface area contributed by atoms with Gasteiger partial charge in [0.25, 0.3) is 5.91 Å². The van der Waals surface area contributed by atoms with Crippen LogP contribution in [-0.4, -0.2) is 42.4 Å². The predicted molar refractivity (Wildman–Crippen MR) is 77.2 cm³/mol. The minimum absolute atomic E-state index is 0.178. The van der Waals surface area contributed by atoms with E-state index in [0.29, 0.717) is 31.7 Å². The fraction of sp³-hybridized carbons (Fsp3) is 0.400. The molecule has 1 aliphatic heterocycles. The minimum atomic E-state index is -0.614. The number of furan rings is 1. The van der Waals surface area contributed by atoms with Gasteiger partial charge < -0.3 is 19.8 Å². The molecule has 2 rings (SSSR count). The van der Waals surface area contributed by atoms with E-state index in [-0.39, 0.29) is 24.3 Å². The number of nitrogens with two attached hydrogens (primary N) is 1. The van der Waals surface area contributed by atoms with E-state index in [4.69, 9.17) is 14.9 Å². The second kappa shape index (κ2) is 7.44. The maximum absolute atomic E-state index is 11.9. The lowest BCUT2D eigenvalue weighted by Gasteiger charge is -2.30. The van der Waals surface area contributed by atoms with Gasteiger partial charge in [-0.1, -0.05) is 0 Å². The van der Waals surface area contributed by atoms with Gasteiger partial charge in [0.15, 0.2) is 6.61 Å². The highest BCUT2D eigenvalue weighted by Crippen LogP contribution is 2.16. The molecule has 0 radical (unpaired) electrons. The molecule has 1 aromatic rings. The Morgan fingerprint density at radius 1 is 1.36 bits per heavy atom. The number of hydrogen-bond acceptors (Lipinski definition) is 5. The molecule has 2 N–H and O–H groups in total. The Hall–Kier alpha value is -2.57. The van der Waals surface area contributed by atoms with E-state index < -0.39 is 5.97 Å². The van der Waals surface area contributed by atoms with Crippen molar-refractivity contribution in [2.75, 3.05) is 19.7 Å². The topological polar surface area (TPSA) is 103 Å². The summed E-state index contributed by atoms with van der Waals surface area (Å²) in [5.74, 6) is -0.874. The second-order valence-corrected chi connectivity index (χ2v) is 5.01. The van der Waals surface area contributed by atoms with Gasteiger partial charge in [-0.05, 0) is 31.1 Å². The number of likely N-dealkylation sites (tertiary alicyclic amines) is 1. The first-order valence-corrected chi connectivity index (χ1v) is 7.01. The first kappa shape index (κ1) is 15.8. The zero-order valence-corrected chi connectivity index (χ0v) is 12.1. The van der Waals surface area contributed by atoms with E-state index in [1.54, 1.807) is 17.0 Å². The normalized spacial score (nSPS) is 15.9. The van der Waals surface area contributed by atoms with Crippen LogP contribution < -0.4 is 5.73 Å². The summed E-state index contributed by atoms with van der Waals surface area (Å²) in [4.78, 5) is 36.0. The summed E-state index contributed by atoms with van der Waals surface area (Å²) in [6.45, 7) is 0.584. The molecular formula is C15H18N2O5. The third-order valence-electron chi connectivity index (χ3n) is 3.51. The largest absolute Gasteiger partial charge is 0.465 e. The van der Waals surface area contributed by atoms with Crippen LogP contribution in [0.5, 0.6) is 0 Å². The summed E-state index contributed by atoms with van der Waals surface area (Å²) in [6, 6.07) is 3.39. The Kier molecular flexibility index (Phi) is 5.35. The molecule has 1 fully saturated rings. The molecular weight excluding hydrogens is 288 g/mol. The number of ether oxygens (including phenoxy) is 1. The first-order valence-electron chi connectivity index (χ1n) is 7.01. The third-order valence-corrected chi connectivity index (χ3v) is 3.51. The summed E-state index contributed by atoms with van der Waals surface area (Å²) >= 11 is 0. The standard InChI is InChI=1S/C15H18N2O5/c16-15(20)11-5-7-17(8-6-11)13(18)10-22-14(19)4-3-12-2-1-9-21-12/h1-4,9,11H,5-8,10H2,(H2,16,20)/b4-3+. The number of carbonyl (C=O) groups is 3. The number of amides is 2. The monoisotopic (exact) mass is 306 g/mol. The molecule has 118 valence electrons. The van der Waals surface area contributed by atoms with Crippen LogP contribution in [0, 0.1) is 5.92 Å². The van der Waals surface area contributed by atoms with Crippen molar-refractivity contribution >= 4 is 23.9 Å². The van der Waals surface area contributed by atoms with Crippen molar-refractivity contribution in [2.45, 2.75) is 12.8 Å². The van der Waals surface area contributed by atoms with Crippen LogP contribution in [-0.2, 0) is 19.1 Å². The van der Waals surface area contributed by atoms with Gasteiger partial charge >= 0.3 is 5.97 Å². The van der Waals surface area contributed by atoms with E-state index in [1.165, 1.54) is 18.4 Å². The molecule has 1 aromatic heterocycles. The molecule has 0 aliphatic carbocycles. The van der Waals surface area contributed by atoms with Crippen LogP contribution in [0.4, 0.5) is 0 Å². The minimum Gasteiger partial charge on any atom is -0.465 e. The van der Waals surface area contributed by atoms with Gasteiger partial charge in [-0.3, -0.25) is 9.59 Å². The second-order valence-electron chi connectivity index (χ2n) is 5.01. The summed E-state index contributed by atoms with van der Waals surface area (Å²) in [7, 11) is 0. The lowest BCUT2D eigenvalue weighted by Crippen LogP contribution is -2.43. The third kappa shape index (κ3) is 4.47. The number of nitrogens with zero attached hydrogens (tertiary/aromatic N) is 1. The average Bonchev–Trinajstić information content (AvgIpc) is 3.04. The number of carbonyl (C=O) groups excluding carboxylic acids is 3. The molecule has 22 heavy (non-hydrogen) atoms. The van der Waals surface area contributed by atoms with Crippen molar-refractivity contribution in [1.29, 1.82) is 0 Å². The Labute approximate surface area is 127 Å². The SMILES string of the molecule is NC(=O)C1CCN(C(=O)COC(=O)/C=C/c2ccco2)CC1. The summed E-state index contributed by atoms with van der Waals surface area (Å²) < 4.78 is 9.91. The van der Waals surface area contributed by atoms with Crippen molar-refractivity contribution in [2.24, 2.45) is 11.7 Å². The van der Waals surface area contributed by atoms with Crippen molar-refractivity contribution < 1.29 is 23.5 Å². The maximum Gasteiger partial charge on any atom is 0.331 e. The molecule has 0 spiro atoms. The smallest absolute Gasteiger partial charge is 0.331 e. The van der Waals surface area contributed by atoms with Crippen LogP contribution in [0.3, 0.4) is 0 Å². The molecule has 2 amide bonds. The fourth-order valence-electron chi connectivity index (χ4n) is 2.22. The number of esters is 1. The van der Waals surface area contributed by atoms with E-state index in [1.807, 2.05) is 0 Å². The van der Waals surface area contributed by atoms with Crippen molar-refractivity contribution in [1.82, 2.24) is 4.90 Å². The van der Waals surface area contributed by atoms with Crippen molar-refractivity contribution in [3.63, 3.8) is 0 Å². The molecule has 2 heterocycles. The number of piperidine rings is 1. The molecule has 7 heteroatoms. The molecule has 0 aromatic carbocycles. The summed E-state index contributed by atoms with van der Waals surface area (Å²) in [5.41, 5.74) is 5.23. The number of primary amides is 1. The average molecular weight is 306 g/mol. The fourth-order valence-corrected chi connectivity index (χ4v) is 2.22. The van der Waals surface area contributed by atoms with E-state index in [0.717, 1.165) is 0 Å². The van der Waals surface area contributed by atoms with E-state index >= 15 is 0 Å². The zero-order chi connectivity index (χ0) is 15.9. The van der Waals surface area contributed by atoms with E-state index in [2.05, 4.69) is 0 Å². The molecule has 7 nitrogen and oxygen atoms in total. The first-order chi connectivity index (χ1) is 10.6. The predicted octanol–water partition coefficient (Wildman–Crippen LogP) is 0.560. The number of hydrogen-bond donors (Lipinski definition) is 1. The van der Waals surface area contributed by atoms with Gasteiger partial charge in [-0.25, -0.2) is 4.79 Å². The highest BCUT2D eigenvalue weighted by atomic mass is 16.5. The van der Waals surface area contributed by atoms with Crippen molar-refractivity contribution in [3.05, 3.63) is 30.2 Å². The molecule has 0 saturated carbocycles. The van der Waals surface area contributed by atoms with Gasteiger partial charge in [0.05, 0.1) is 6.26 Å². The van der Waals surface area contributed by atoms with Gasteiger partial charge in [0.2, 0.25) is 5.91 Å². The van der Waals surface area contributed by atoms with Crippen LogP contribution in [0.15, 0.2) is 28.9 Å². The van der Waals surface area contributed by atoms with Crippen LogP contribution in [0.1, 0.15) is 18.6 Å². The Morgan fingerprint density at radius 2 is 2.09 bits per heavy atom. The lowest BCUT2D eigenvalue weighted by molar-refractivity contribution is -0.149. The molecule has 1 saturated heterocycles. The molecule has 0 bridgehead atoms. The molecule has 0 atom stereocenters. The van der Waals surface area contributed by atoms with Gasteiger partial charge in [0, 0.05) is 25.1 Å². The maximum atomic E-state index is 11.9. The van der Waals surface area contributed by atoms with E-state index in [9.17, 15) is 14.4 Å². The van der Waals surface area contributed by atoms with Gasteiger partial charge in [-0.2, -0.15) is 0 Å². The van der Waals surface area contributed by atoms with Crippen LogP contribution in [0.25, 0.3) is 6.08 Å². The van der Waals surface area contributed by atoms with Crippen LogP contribution in [0.2, 0.25) is 0 Å². The summed E-state index contributed by atoms with van der Waals surface area (Å²) in [5, 5.41) is 0. The zero-order valence-electron chi connectivity index (χ0n) is 12.1. The highest BCUT2D eigenvalue weighted by molar-refractivity contribution is 5.89. The lowest BCUT2D eigenvalue weighted by atomic mass is 9.96. The highest BCUT2D eigenvalue weighted by Gasteiger charge is 2.26. The Bertz CT molecular complexity index is 556. The Balaban J connectivity index is 1.71. The summed E-state index contributed by atoms with van der Waals surface area (Å²) in [6.07, 6.45) is 5.25. The van der Waals surface area contributed by atoms with Gasteiger partial charge in [0.1, 0.15) is 5.76 Å². The van der Waals surface area contributed by atoms with Crippen molar-refractivity contribution in [3.8, 4) is 0 Å². The van der Waals surface area contributed by atoms with Gasteiger partial charge in [-0.15, -0.1) is 0 Å². The molecule has 0 unspecified atom stereocenters. The number of rotatable bonds is 5. The Morgan fingerprint density at radius 3 is 2.68 bits per heavy atom. The van der Waals surface area contributed by atoms with Crippen LogP contribution >= 0.6 is 0 Å². The quantitative estimate of drug-likeness (QED) is 0.632. The molecule has 1 aliphatic rings.